The van der Waals surface area contributed by atoms with Crippen molar-refractivity contribution < 1.29 is 18.7 Å². The van der Waals surface area contributed by atoms with Crippen LogP contribution >= 0.6 is 0 Å². The Kier molecular flexibility index (Phi) is 4.56. The predicted molar refractivity (Wildman–Crippen MR) is 99.0 cm³/mol. The maximum absolute atomic E-state index is 13.8. The molecule has 2 aromatic carbocycles. The Morgan fingerprint density at radius 1 is 1.26 bits per heavy atom. The number of anilines is 1. The summed E-state index contributed by atoms with van der Waals surface area (Å²) in [5, 5.41) is 2.72. The first-order valence-corrected chi connectivity index (χ1v) is 9.15. The molecule has 140 valence electrons. The second-order valence-electron chi connectivity index (χ2n) is 7.18. The minimum absolute atomic E-state index is 0.0112. The van der Waals surface area contributed by atoms with Gasteiger partial charge in [0.15, 0.2) is 6.10 Å². The van der Waals surface area contributed by atoms with E-state index in [-0.39, 0.29) is 11.5 Å². The van der Waals surface area contributed by atoms with Crippen LogP contribution in [0, 0.1) is 11.7 Å². The van der Waals surface area contributed by atoms with E-state index in [9.17, 15) is 14.0 Å². The van der Waals surface area contributed by atoms with Gasteiger partial charge in [0.25, 0.3) is 11.8 Å². The van der Waals surface area contributed by atoms with E-state index in [1.54, 1.807) is 37.3 Å². The van der Waals surface area contributed by atoms with Gasteiger partial charge in [0, 0.05) is 24.3 Å². The normalized spacial score (nSPS) is 19.1. The van der Waals surface area contributed by atoms with Crippen molar-refractivity contribution in [1.29, 1.82) is 0 Å². The van der Waals surface area contributed by atoms with Crippen LogP contribution in [0.4, 0.5) is 10.1 Å². The molecule has 2 aliphatic rings. The number of benzene rings is 2. The lowest BCUT2D eigenvalue weighted by Crippen LogP contribution is -2.39. The smallest absolute Gasteiger partial charge is 0.263 e. The number of amides is 2. The Labute approximate surface area is 157 Å². The first-order valence-electron chi connectivity index (χ1n) is 9.15. The Balaban J connectivity index is 1.56. The van der Waals surface area contributed by atoms with E-state index in [2.05, 4.69) is 5.32 Å². The highest BCUT2D eigenvalue weighted by molar-refractivity contribution is 6.04. The monoisotopic (exact) mass is 368 g/mol. The van der Waals surface area contributed by atoms with Gasteiger partial charge < -0.3 is 15.0 Å². The molecule has 0 aromatic heterocycles. The van der Waals surface area contributed by atoms with Crippen LogP contribution in [0.25, 0.3) is 0 Å². The third-order valence-electron chi connectivity index (χ3n) is 4.94. The molecule has 1 heterocycles. The minimum Gasteiger partial charge on any atom is -0.481 e. The van der Waals surface area contributed by atoms with Crippen LogP contribution in [0.2, 0.25) is 0 Å². The van der Waals surface area contributed by atoms with Crippen LogP contribution in [-0.2, 0) is 11.3 Å². The zero-order chi connectivity index (χ0) is 19.0. The third kappa shape index (κ3) is 3.79. The zero-order valence-electron chi connectivity index (χ0n) is 15.1. The Morgan fingerprint density at radius 2 is 2.04 bits per heavy atom. The van der Waals surface area contributed by atoms with E-state index < -0.39 is 17.8 Å². The number of nitrogens with zero attached hydrogens (tertiary/aromatic N) is 1. The number of hydrogen-bond acceptors (Lipinski definition) is 3. The van der Waals surface area contributed by atoms with Crippen LogP contribution in [0.5, 0.6) is 5.75 Å². The van der Waals surface area contributed by atoms with Gasteiger partial charge in [0.1, 0.15) is 11.6 Å². The Hall–Kier alpha value is -2.89. The van der Waals surface area contributed by atoms with Crippen LogP contribution in [0.1, 0.15) is 35.7 Å². The standard InChI is InChI=1S/C21H21FN2O3/c1-13-21(26)24(11-14-6-7-14)12-15-10-16(8-9-19(15)27-13)23-20(25)17-4-2-3-5-18(17)22/h2-5,8-10,13-14H,6-7,11-12H2,1H3,(H,23,25)/t13-/m1/s1. The molecule has 1 N–H and O–H groups in total. The van der Waals surface area contributed by atoms with Crippen molar-refractivity contribution in [1.82, 2.24) is 4.90 Å². The number of fused-ring (bicyclic) bond motifs is 1. The lowest BCUT2D eigenvalue weighted by atomic mass is 10.1. The Bertz CT molecular complexity index is 895. The fraction of sp³-hybridized carbons (Fsp3) is 0.333. The first kappa shape index (κ1) is 17.5. The first-order chi connectivity index (χ1) is 13.0. The molecule has 2 amide bonds. The lowest BCUT2D eigenvalue weighted by molar-refractivity contribution is -0.137. The summed E-state index contributed by atoms with van der Waals surface area (Å²) in [6, 6.07) is 11.1. The van der Waals surface area contributed by atoms with Crippen molar-refractivity contribution in [3.63, 3.8) is 0 Å². The number of carbonyl (C=O) groups excluding carboxylic acids is 2. The summed E-state index contributed by atoms with van der Waals surface area (Å²) in [7, 11) is 0. The molecule has 4 rings (SSSR count). The number of nitrogens with one attached hydrogen (secondary N) is 1. The van der Waals surface area contributed by atoms with Gasteiger partial charge >= 0.3 is 0 Å². The topological polar surface area (TPSA) is 58.6 Å². The molecule has 0 unspecified atom stereocenters. The fourth-order valence-corrected chi connectivity index (χ4v) is 3.29. The van der Waals surface area contributed by atoms with E-state index in [0.717, 1.165) is 24.9 Å². The molecule has 27 heavy (non-hydrogen) atoms. The second kappa shape index (κ2) is 7.02. The van der Waals surface area contributed by atoms with E-state index in [4.69, 9.17) is 4.74 Å². The molecule has 5 nitrogen and oxygen atoms in total. The van der Waals surface area contributed by atoms with Gasteiger partial charge in [0.2, 0.25) is 0 Å². The van der Waals surface area contributed by atoms with Gasteiger partial charge in [-0.3, -0.25) is 9.59 Å². The van der Waals surface area contributed by atoms with Crippen molar-refractivity contribution >= 4 is 17.5 Å². The molecule has 1 saturated carbocycles. The molecule has 0 radical (unpaired) electrons. The molecule has 1 fully saturated rings. The van der Waals surface area contributed by atoms with Crippen molar-refractivity contribution in [3.8, 4) is 5.75 Å². The lowest BCUT2D eigenvalue weighted by Gasteiger charge is -2.22. The molecular formula is C21H21FN2O3. The van der Waals surface area contributed by atoms with Gasteiger partial charge in [0.05, 0.1) is 5.56 Å². The highest BCUT2D eigenvalue weighted by Crippen LogP contribution is 2.33. The molecule has 0 saturated heterocycles. The summed E-state index contributed by atoms with van der Waals surface area (Å²) in [6.45, 7) is 2.93. The fourth-order valence-electron chi connectivity index (χ4n) is 3.29. The zero-order valence-corrected chi connectivity index (χ0v) is 15.1. The van der Waals surface area contributed by atoms with Crippen molar-refractivity contribution in [3.05, 3.63) is 59.4 Å². The summed E-state index contributed by atoms with van der Waals surface area (Å²) in [6.07, 6.45) is 1.78. The predicted octanol–water partition coefficient (Wildman–Crippen LogP) is 3.60. The maximum Gasteiger partial charge on any atom is 0.263 e. The van der Waals surface area contributed by atoms with Crippen LogP contribution in [0.3, 0.4) is 0 Å². The average molecular weight is 368 g/mol. The van der Waals surface area contributed by atoms with Crippen molar-refractivity contribution in [2.75, 3.05) is 11.9 Å². The molecule has 1 atom stereocenters. The van der Waals surface area contributed by atoms with Gasteiger partial charge in [-0.2, -0.15) is 0 Å². The molecular weight excluding hydrogens is 347 g/mol. The quantitative estimate of drug-likeness (QED) is 0.897. The largest absolute Gasteiger partial charge is 0.481 e. The summed E-state index contributed by atoms with van der Waals surface area (Å²) in [5.41, 5.74) is 1.36. The van der Waals surface area contributed by atoms with Crippen LogP contribution in [0.15, 0.2) is 42.5 Å². The van der Waals surface area contributed by atoms with Crippen molar-refractivity contribution in [2.45, 2.75) is 32.4 Å². The molecule has 2 aromatic rings. The van der Waals surface area contributed by atoms with E-state index >= 15 is 0 Å². The summed E-state index contributed by atoms with van der Waals surface area (Å²) >= 11 is 0. The maximum atomic E-state index is 13.8. The van der Waals surface area contributed by atoms with Crippen LogP contribution in [-0.4, -0.2) is 29.4 Å². The molecule has 1 aliphatic carbocycles. The summed E-state index contributed by atoms with van der Waals surface area (Å²) in [4.78, 5) is 26.7. The number of rotatable bonds is 4. The number of ether oxygens (including phenoxy) is 1. The van der Waals surface area contributed by atoms with E-state index in [1.165, 1.54) is 12.1 Å². The number of halogens is 1. The molecule has 0 spiro atoms. The number of hydrogen-bond donors (Lipinski definition) is 1. The molecule has 6 heteroatoms. The Morgan fingerprint density at radius 3 is 2.78 bits per heavy atom. The van der Waals surface area contributed by atoms with Crippen LogP contribution < -0.4 is 10.1 Å². The third-order valence-corrected chi connectivity index (χ3v) is 4.94. The summed E-state index contributed by atoms with van der Waals surface area (Å²) in [5.74, 6) is 0.115. The number of carbonyl (C=O) groups is 2. The second-order valence-corrected chi connectivity index (χ2v) is 7.18. The van der Waals surface area contributed by atoms with Gasteiger partial charge in [-0.05, 0) is 56.0 Å². The van der Waals surface area contributed by atoms with Gasteiger partial charge in [-0.1, -0.05) is 12.1 Å². The average Bonchev–Trinajstić information content (AvgIpc) is 3.47. The highest BCUT2D eigenvalue weighted by Gasteiger charge is 2.32. The van der Waals surface area contributed by atoms with Gasteiger partial charge in [-0.15, -0.1) is 0 Å². The highest BCUT2D eigenvalue weighted by atomic mass is 19.1. The minimum atomic E-state index is -0.567. The van der Waals surface area contributed by atoms with Crippen molar-refractivity contribution in [2.24, 2.45) is 5.92 Å². The van der Waals surface area contributed by atoms with Gasteiger partial charge in [-0.25, -0.2) is 4.39 Å². The van der Waals surface area contributed by atoms with E-state index in [1.807, 2.05) is 4.90 Å². The molecule has 0 bridgehead atoms. The molecule has 1 aliphatic heterocycles. The summed E-state index contributed by atoms with van der Waals surface area (Å²) < 4.78 is 19.6. The van der Waals surface area contributed by atoms with E-state index in [0.29, 0.717) is 23.9 Å². The SMILES string of the molecule is C[C@H]1Oc2ccc(NC(=O)c3ccccc3F)cc2CN(CC2CC2)C1=O.